The molecule has 2 fully saturated rings. The number of amides is 2. The van der Waals surface area contributed by atoms with E-state index in [-0.39, 0.29) is 29.6 Å². The summed E-state index contributed by atoms with van der Waals surface area (Å²) in [6.07, 6.45) is 3.35. The van der Waals surface area contributed by atoms with Crippen molar-refractivity contribution in [2.75, 3.05) is 26.2 Å². The van der Waals surface area contributed by atoms with Gasteiger partial charge in [-0.1, -0.05) is 72.3 Å². The van der Waals surface area contributed by atoms with Crippen LogP contribution in [0.1, 0.15) is 64.6 Å². The zero-order valence-corrected chi connectivity index (χ0v) is 24.7. The van der Waals surface area contributed by atoms with E-state index in [4.69, 9.17) is 11.6 Å². The molecule has 4 aromatic rings. The summed E-state index contributed by atoms with van der Waals surface area (Å²) >= 11 is 6.66. The van der Waals surface area contributed by atoms with Crippen molar-refractivity contribution in [2.24, 2.45) is 0 Å². The number of aromatic amines is 1. The summed E-state index contributed by atoms with van der Waals surface area (Å²) in [5, 5.41) is 0.848. The average Bonchev–Trinajstić information content (AvgIpc) is 3.69. The summed E-state index contributed by atoms with van der Waals surface area (Å²) in [4.78, 5) is 49.0. The van der Waals surface area contributed by atoms with Crippen molar-refractivity contribution >= 4 is 40.1 Å². The zero-order valence-electron chi connectivity index (χ0n) is 23.9. The molecule has 2 atom stereocenters. The Morgan fingerprint density at radius 3 is 2.07 bits per heavy atom. The predicted octanol–water partition coefficient (Wildman–Crippen LogP) is 5.95. The van der Waals surface area contributed by atoms with Gasteiger partial charge in [0, 0.05) is 55.4 Å². The quantitative estimate of drug-likeness (QED) is 0.225. The van der Waals surface area contributed by atoms with E-state index in [0.29, 0.717) is 47.7 Å². The van der Waals surface area contributed by atoms with Gasteiger partial charge in [0.15, 0.2) is 0 Å². The van der Waals surface area contributed by atoms with Crippen LogP contribution < -0.4 is 0 Å². The van der Waals surface area contributed by atoms with Gasteiger partial charge >= 0.3 is 0 Å². The molecule has 3 heterocycles. The Hall–Kier alpha value is -3.94. The number of carbonyl (C=O) groups excluding carboxylic acids is 3. The Balaban J connectivity index is 1.27. The first kappa shape index (κ1) is 28.2. The zero-order chi connectivity index (χ0) is 29.4. The second-order valence-corrected chi connectivity index (χ2v) is 11.9. The SMILES string of the molecule is CC1CN(C(c2ccccc2)c2ccccc2)[C@@H](C)CN1C(=O)c1cc2c(C(=O)C(=O)N3CCCC3)c[nH]c2cc1Cl. The lowest BCUT2D eigenvalue weighted by Crippen LogP contribution is -2.58. The molecule has 1 N–H and O–H groups in total. The van der Waals surface area contributed by atoms with Gasteiger partial charge in [0.25, 0.3) is 17.6 Å². The minimum atomic E-state index is -0.563. The highest BCUT2D eigenvalue weighted by molar-refractivity contribution is 6.45. The van der Waals surface area contributed by atoms with Crippen molar-refractivity contribution in [1.29, 1.82) is 0 Å². The third kappa shape index (κ3) is 5.23. The number of H-pyrrole nitrogens is 1. The van der Waals surface area contributed by atoms with Crippen molar-refractivity contribution < 1.29 is 14.4 Å². The minimum absolute atomic E-state index is 0.0589. The Morgan fingerprint density at radius 2 is 1.45 bits per heavy atom. The van der Waals surface area contributed by atoms with Gasteiger partial charge in [-0.2, -0.15) is 0 Å². The molecule has 1 unspecified atom stereocenters. The van der Waals surface area contributed by atoms with Crippen LogP contribution in [0.2, 0.25) is 5.02 Å². The smallest absolute Gasteiger partial charge is 0.295 e. The van der Waals surface area contributed by atoms with Gasteiger partial charge in [0.2, 0.25) is 0 Å². The largest absolute Gasteiger partial charge is 0.360 e. The third-order valence-corrected chi connectivity index (χ3v) is 9.00. The maximum atomic E-state index is 14.0. The summed E-state index contributed by atoms with van der Waals surface area (Å²) in [6, 6.07) is 24.3. The fraction of sp³-hybridized carbons (Fsp3) is 0.324. The van der Waals surface area contributed by atoms with Crippen molar-refractivity contribution in [1.82, 2.24) is 19.7 Å². The molecule has 0 spiro atoms. The van der Waals surface area contributed by atoms with Crippen LogP contribution in [0.15, 0.2) is 79.0 Å². The molecule has 1 aromatic heterocycles. The number of hydrogen-bond acceptors (Lipinski definition) is 4. The highest BCUT2D eigenvalue weighted by Crippen LogP contribution is 2.35. The molecule has 2 aliphatic rings. The van der Waals surface area contributed by atoms with E-state index in [9.17, 15) is 14.4 Å². The molecule has 0 bridgehead atoms. The predicted molar refractivity (Wildman–Crippen MR) is 165 cm³/mol. The molecule has 42 heavy (non-hydrogen) atoms. The molecule has 7 nitrogen and oxygen atoms in total. The average molecular weight is 583 g/mol. The Labute approximate surface area is 251 Å². The van der Waals surface area contributed by atoms with Gasteiger partial charge in [0.1, 0.15) is 0 Å². The number of likely N-dealkylation sites (tertiary alicyclic amines) is 1. The maximum absolute atomic E-state index is 14.0. The molecule has 2 aliphatic heterocycles. The van der Waals surface area contributed by atoms with E-state index in [2.05, 4.69) is 72.3 Å². The van der Waals surface area contributed by atoms with Crippen molar-refractivity contribution in [3.63, 3.8) is 0 Å². The van der Waals surface area contributed by atoms with Gasteiger partial charge in [-0.3, -0.25) is 19.3 Å². The molecule has 2 amide bonds. The second-order valence-electron chi connectivity index (χ2n) is 11.5. The number of fused-ring (bicyclic) bond motifs is 1. The first-order valence-corrected chi connectivity index (χ1v) is 15.0. The molecular formula is C34H35ClN4O3. The molecule has 6 rings (SSSR count). The number of aromatic nitrogens is 1. The van der Waals surface area contributed by atoms with Gasteiger partial charge in [-0.25, -0.2) is 0 Å². The van der Waals surface area contributed by atoms with E-state index in [1.807, 2.05) is 17.0 Å². The Morgan fingerprint density at radius 1 is 0.833 bits per heavy atom. The van der Waals surface area contributed by atoms with Gasteiger partial charge < -0.3 is 14.8 Å². The minimum Gasteiger partial charge on any atom is -0.360 e. The number of piperazine rings is 1. The Bertz CT molecular complexity index is 1570. The van der Waals surface area contributed by atoms with Gasteiger partial charge in [-0.05, 0) is 49.9 Å². The molecule has 3 aromatic carbocycles. The lowest BCUT2D eigenvalue weighted by atomic mass is 9.93. The highest BCUT2D eigenvalue weighted by atomic mass is 35.5. The molecule has 8 heteroatoms. The number of benzene rings is 3. The van der Waals surface area contributed by atoms with Crippen LogP contribution in [-0.2, 0) is 4.79 Å². The molecule has 0 saturated carbocycles. The van der Waals surface area contributed by atoms with Crippen LogP contribution in [0.4, 0.5) is 0 Å². The van der Waals surface area contributed by atoms with Crippen molar-refractivity contribution in [3.8, 4) is 0 Å². The van der Waals surface area contributed by atoms with E-state index in [1.54, 1.807) is 23.2 Å². The fourth-order valence-electron chi connectivity index (χ4n) is 6.47. The monoisotopic (exact) mass is 582 g/mol. The standard InChI is InChI=1S/C34H35ClN4O3/c1-22-21-39(23(2)20-38(22)31(24-11-5-3-6-12-24)25-13-7-4-8-14-25)33(41)27-17-26-28(19-36-30(26)18-29(27)35)32(40)34(42)37-15-9-10-16-37/h3-8,11-14,17-19,22-23,31,36H,9-10,15-16,20-21H2,1-2H3/t22-,23?/m0/s1. The second kappa shape index (κ2) is 11.7. The van der Waals surface area contributed by atoms with Gasteiger partial charge in [-0.15, -0.1) is 0 Å². The maximum Gasteiger partial charge on any atom is 0.295 e. The van der Waals surface area contributed by atoms with E-state index in [1.165, 1.54) is 11.1 Å². The Kier molecular flexibility index (Phi) is 7.88. The van der Waals surface area contributed by atoms with Crippen LogP contribution in [0.25, 0.3) is 10.9 Å². The topological polar surface area (TPSA) is 76.7 Å². The molecule has 2 saturated heterocycles. The number of hydrogen-bond donors (Lipinski definition) is 1. The summed E-state index contributed by atoms with van der Waals surface area (Å²) in [7, 11) is 0. The van der Waals surface area contributed by atoms with E-state index >= 15 is 0 Å². The molecule has 0 aliphatic carbocycles. The lowest BCUT2D eigenvalue weighted by Gasteiger charge is -2.47. The number of halogens is 1. The van der Waals surface area contributed by atoms with Crippen LogP contribution in [0.5, 0.6) is 0 Å². The number of rotatable bonds is 6. The van der Waals surface area contributed by atoms with Crippen LogP contribution in [0, 0.1) is 0 Å². The number of carbonyl (C=O) groups is 3. The summed E-state index contributed by atoms with van der Waals surface area (Å²) < 4.78 is 0. The number of Topliss-reactive ketones (excluding diaryl/α,β-unsaturated/α-hetero) is 1. The van der Waals surface area contributed by atoms with Crippen molar-refractivity contribution in [3.05, 3.63) is 106 Å². The highest BCUT2D eigenvalue weighted by Gasteiger charge is 2.37. The number of ketones is 1. The lowest BCUT2D eigenvalue weighted by molar-refractivity contribution is -0.125. The molecule has 216 valence electrons. The van der Waals surface area contributed by atoms with Crippen LogP contribution in [0.3, 0.4) is 0 Å². The number of nitrogens with one attached hydrogen (secondary N) is 1. The van der Waals surface area contributed by atoms with Crippen molar-refractivity contribution in [2.45, 2.75) is 44.8 Å². The molecule has 0 radical (unpaired) electrons. The molecular weight excluding hydrogens is 548 g/mol. The van der Waals surface area contributed by atoms with E-state index < -0.39 is 11.7 Å². The summed E-state index contributed by atoms with van der Waals surface area (Å²) in [6.45, 7) is 6.62. The fourth-order valence-corrected chi connectivity index (χ4v) is 6.72. The van der Waals surface area contributed by atoms with Crippen LogP contribution in [-0.4, -0.2) is 75.5 Å². The van der Waals surface area contributed by atoms with Crippen LogP contribution >= 0.6 is 11.6 Å². The summed E-state index contributed by atoms with van der Waals surface area (Å²) in [5.74, 6) is -1.24. The van der Waals surface area contributed by atoms with Gasteiger partial charge in [0.05, 0.1) is 22.2 Å². The first-order valence-electron chi connectivity index (χ1n) is 14.6. The van der Waals surface area contributed by atoms with E-state index in [0.717, 1.165) is 12.8 Å². The third-order valence-electron chi connectivity index (χ3n) is 8.69. The number of nitrogens with zero attached hydrogens (tertiary/aromatic N) is 3. The summed E-state index contributed by atoms with van der Waals surface area (Å²) in [5.41, 5.74) is 3.65. The first-order chi connectivity index (χ1) is 20.3. The normalized spacial score (nSPS) is 19.5.